The first-order valence-corrected chi connectivity index (χ1v) is 6.93. The number of halogens is 2. The van der Waals surface area contributed by atoms with E-state index < -0.39 is 0 Å². The summed E-state index contributed by atoms with van der Waals surface area (Å²) in [4.78, 5) is 0. The minimum Gasteiger partial charge on any atom is -0.306 e. The fraction of sp³-hybridized carbons (Fsp3) is 0.538. The van der Waals surface area contributed by atoms with Gasteiger partial charge in [-0.2, -0.15) is 11.8 Å². The molecular weight excluding hydrogens is 240 g/mol. The van der Waals surface area contributed by atoms with Gasteiger partial charge < -0.3 is 5.32 Å². The molecule has 1 aliphatic heterocycles. The molecule has 0 bridgehead atoms. The van der Waals surface area contributed by atoms with E-state index in [1.165, 1.54) is 12.1 Å². The van der Waals surface area contributed by atoms with Gasteiger partial charge in [0.1, 0.15) is 11.6 Å². The molecule has 0 spiro atoms. The molecule has 3 atom stereocenters. The molecule has 0 aliphatic carbocycles. The van der Waals surface area contributed by atoms with Gasteiger partial charge >= 0.3 is 0 Å². The van der Waals surface area contributed by atoms with E-state index in [1.54, 1.807) is 0 Å². The molecule has 1 nitrogen and oxygen atoms in total. The van der Waals surface area contributed by atoms with E-state index in [0.717, 1.165) is 18.2 Å². The van der Waals surface area contributed by atoms with Crippen LogP contribution < -0.4 is 5.32 Å². The Bertz CT molecular complexity index is 397. The zero-order chi connectivity index (χ0) is 12.4. The molecule has 94 valence electrons. The Labute approximate surface area is 105 Å². The van der Waals surface area contributed by atoms with Gasteiger partial charge in [0.25, 0.3) is 0 Å². The topological polar surface area (TPSA) is 12.0 Å². The van der Waals surface area contributed by atoms with Gasteiger partial charge in [0.2, 0.25) is 0 Å². The van der Waals surface area contributed by atoms with E-state index in [2.05, 4.69) is 12.2 Å². The van der Waals surface area contributed by atoms with Gasteiger partial charge in [0.05, 0.1) is 0 Å². The third-order valence-electron chi connectivity index (χ3n) is 3.11. The maximum atomic E-state index is 13.6. The van der Waals surface area contributed by atoms with Crippen molar-refractivity contribution in [2.45, 2.75) is 37.6 Å². The van der Waals surface area contributed by atoms with Crippen molar-refractivity contribution in [2.24, 2.45) is 0 Å². The lowest BCUT2D eigenvalue weighted by atomic mass is 10.1. The van der Waals surface area contributed by atoms with Crippen LogP contribution in [0.15, 0.2) is 18.2 Å². The minimum absolute atomic E-state index is 0.151. The highest BCUT2D eigenvalue weighted by Crippen LogP contribution is 2.28. The zero-order valence-corrected chi connectivity index (χ0v) is 10.9. The third kappa shape index (κ3) is 3.19. The van der Waals surface area contributed by atoms with Crippen LogP contribution in [0.5, 0.6) is 0 Å². The van der Waals surface area contributed by atoms with Gasteiger partial charge in [-0.15, -0.1) is 0 Å². The van der Waals surface area contributed by atoms with E-state index in [1.807, 2.05) is 18.7 Å². The Hall–Kier alpha value is -0.610. The van der Waals surface area contributed by atoms with Crippen LogP contribution >= 0.6 is 11.8 Å². The molecule has 1 N–H and O–H groups in total. The average Bonchev–Trinajstić information content (AvgIpc) is 2.67. The molecule has 1 saturated heterocycles. The van der Waals surface area contributed by atoms with Crippen LogP contribution in [-0.2, 0) is 0 Å². The van der Waals surface area contributed by atoms with Crippen LogP contribution in [0.3, 0.4) is 0 Å². The number of hydrogen-bond acceptors (Lipinski definition) is 2. The fourth-order valence-corrected chi connectivity index (χ4v) is 3.38. The average molecular weight is 257 g/mol. The van der Waals surface area contributed by atoms with Gasteiger partial charge in [0.15, 0.2) is 0 Å². The van der Waals surface area contributed by atoms with E-state index in [0.29, 0.717) is 16.9 Å². The van der Waals surface area contributed by atoms with Gasteiger partial charge in [-0.3, -0.25) is 0 Å². The van der Waals surface area contributed by atoms with Crippen molar-refractivity contribution >= 4 is 11.8 Å². The summed E-state index contributed by atoms with van der Waals surface area (Å²) in [6, 6.07) is 3.86. The van der Waals surface area contributed by atoms with Crippen molar-refractivity contribution in [1.82, 2.24) is 5.32 Å². The van der Waals surface area contributed by atoms with E-state index >= 15 is 0 Å². The molecule has 0 saturated carbocycles. The van der Waals surface area contributed by atoms with Crippen molar-refractivity contribution in [1.29, 1.82) is 0 Å². The van der Waals surface area contributed by atoms with E-state index in [4.69, 9.17) is 0 Å². The van der Waals surface area contributed by atoms with E-state index in [-0.39, 0.29) is 17.7 Å². The van der Waals surface area contributed by atoms with Crippen molar-refractivity contribution in [3.8, 4) is 0 Å². The van der Waals surface area contributed by atoms with Gasteiger partial charge in [0, 0.05) is 28.6 Å². The monoisotopic (exact) mass is 257 g/mol. The van der Waals surface area contributed by atoms with Crippen LogP contribution in [0, 0.1) is 11.6 Å². The largest absolute Gasteiger partial charge is 0.306 e. The smallest absolute Gasteiger partial charge is 0.128 e. The van der Waals surface area contributed by atoms with Crippen LogP contribution in [0.1, 0.15) is 31.9 Å². The molecule has 1 heterocycles. The molecule has 3 unspecified atom stereocenters. The summed E-state index contributed by atoms with van der Waals surface area (Å²) >= 11 is 1.92. The molecule has 1 aromatic rings. The molecular formula is C13H17F2NS. The first kappa shape index (κ1) is 12.8. The third-order valence-corrected chi connectivity index (χ3v) is 4.46. The molecule has 0 aromatic heterocycles. The highest BCUT2D eigenvalue weighted by Gasteiger charge is 2.24. The highest BCUT2D eigenvalue weighted by atomic mass is 32.2. The second-order valence-electron chi connectivity index (χ2n) is 4.63. The fourth-order valence-electron chi connectivity index (χ4n) is 2.22. The maximum Gasteiger partial charge on any atom is 0.128 e. The normalized spacial score (nSPS) is 26.1. The lowest BCUT2D eigenvalue weighted by Crippen LogP contribution is -2.32. The Morgan fingerprint density at radius 1 is 1.41 bits per heavy atom. The first-order valence-electron chi connectivity index (χ1n) is 5.89. The van der Waals surface area contributed by atoms with Gasteiger partial charge in [-0.25, -0.2) is 8.78 Å². The molecule has 17 heavy (non-hydrogen) atoms. The zero-order valence-electron chi connectivity index (χ0n) is 10.0. The number of nitrogens with one attached hydrogen (secondary N) is 1. The van der Waals surface area contributed by atoms with Crippen LogP contribution in [0.4, 0.5) is 8.78 Å². The quantitative estimate of drug-likeness (QED) is 0.889. The molecule has 1 aliphatic rings. The summed E-state index contributed by atoms with van der Waals surface area (Å²) in [5.74, 6) is 0.317. The summed E-state index contributed by atoms with van der Waals surface area (Å²) in [5, 5.41) is 4.02. The first-order chi connectivity index (χ1) is 8.06. The van der Waals surface area contributed by atoms with Crippen molar-refractivity contribution in [3.05, 3.63) is 35.4 Å². The standard InChI is InChI=1S/C13H17F2NS/c1-8-5-11(7-17-8)16-9(2)12-6-10(14)3-4-13(12)15/h3-4,6,8-9,11,16H,5,7H2,1-2H3. The minimum atomic E-state index is -0.385. The second-order valence-corrected chi connectivity index (χ2v) is 6.10. The van der Waals surface area contributed by atoms with Crippen LogP contribution in [0.25, 0.3) is 0 Å². The molecule has 0 amide bonds. The van der Waals surface area contributed by atoms with Crippen LogP contribution in [-0.4, -0.2) is 17.0 Å². The summed E-state index contributed by atoms with van der Waals surface area (Å²) in [6.07, 6.45) is 1.09. The Balaban J connectivity index is 2.04. The van der Waals surface area contributed by atoms with Crippen LogP contribution in [0.2, 0.25) is 0 Å². The molecule has 0 radical (unpaired) electrons. The Morgan fingerprint density at radius 2 is 2.18 bits per heavy atom. The highest BCUT2D eigenvalue weighted by molar-refractivity contribution is 8.00. The number of benzene rings is 1. The molecule has 4 heteroatoms. The number of rotatable bonds is 3. The molecule has 2 rings (SSSR count). The Morgan fingerprint density at radius 3 is 2.82 bits per heavy atom. The van der Waals surface area contributed by atoms with Crippen molar-refractivity contribution in [3.63, 3.8) is 0 Å². The summed E-state index contributed by atoms with van der Waals surface area (Å²) in [6.45, 7) is 4.07. The lowest BCUT2D eigenvalue weighted by Gasteiger charge is -2.19. The SMILES string of the molecule is CC1CC(NC(C)c2cc(F)ccc2F)CS1. The summed E-state index contributed by atoms with van der Waals surface area (Å²) in [5.41, 5.74) is 0.412. The molecule has 1 fully saturated rings. The summed E-state index contributed by atoms with van der Waals surface area (Å²) in [7, 11) is 0. The van der Waals surface area contributed by atoms with Gasteiger partial charge in [-0.1, -0.05) is 6.92 Å². The van der Waals surface area contributed by atoms with E-state index in [9.17, 15) is 8.78 Å². The number of thioether (sulfide) groups is 1. The number of hydrogen-bond donors (Lipinski definition) is 1. The maximum absolute atomic E-state index is 13.6. The molecule has 1 aromatic carbocycles. The lowest BCUT2D eigenvalue weighted by molar-refractivity contribution is 0.455. The predicted octanol–water partition coefficient (Wildman–Crippen LogP) is 3.51. The van der Waals surface area contributed by atoms with Crippen molar-refractivity contribution in [2.75, 3.05) is 5.75 Å². The predicted molar refractivity (Wildman–Crippen MR) is 68.2 cm³/mol. The van der Waals surface area contributed by atoms with Crippen molar-refractivity contribution < 1.29 is 8.78 Å². The Kier molecular flexibility index (Phi) is 4.05. The van der Waals surface area contributed by atoms with Gasteiger partial charge in [-0.05, 0) is 31.5 Å². The summed E-state index contributed by atoms with van der Waals surface area (Å²) < 4.78 is 26.6. The second kappa shape index (κ2) is 5.36.